The van der Waals surface area contributed by atoms with E-state index in [1.807, 2.05) is 36.7 Å². The SMILES string of the molecule is Cc1cccc(C)c1-n1nnnc1C1(NCC(=O)NN=Cc2ccc(O)cc2)CCCC1. The Bertz CT molecular complexity index is 1100. The molecule has 1 saturated carbocycles. The third-order valence-electron chi connectivity index (χ3n) is 5.89. The number of nitrogens with zero attached hydrogens (tertiary/aromatic N) is 5. The van der Waals surface area contributed by atoms with E-state index in [0.717, 1.165) is 53.9 Å². The van der Waals surface area contributed by atoms with Crippen LogP contribution < -0.4 is 10.7 Å². The monoisotopic (exact) mass is 433 g/mol. The number of aromatic hydroxyl groups is 1. The van der Waals surface area contributed by atoms with Crippen LogP contribution in [0.1, 0.15) is 48.2 Å². The number of hydrazone groups is 1. The smallest absolute Gasteiger partial charge is 0.254 e. The van der Waals surface area contributed by atoms with Gasteiger partial charge >= 0.3 is 0 Å². The highest BCUT2D eigenvalue weighted by Gasteiger charge is 2.41. The van der Waals surface area contributed by atoms with E-state index in [1.165, 1.54) is 6.21 Å². The lowest BCUT2D eigenvalue weighted by Gasteiger charge is -2.29. The van der Waals surface area contributed by atoms with Crippen LogP contribution in [0.25, 0.3) is 5.69 Å². The quantitative estimate of drug-likeness (QED) is 0.389. The van der Waals surface area contributed by atoms with Crippen LogP contribution in [0.3, 0.4) is 0 Å². The fourth-order valence-electron chi connectivity index (χ4n) is 4.26. The molecule has 0 unspecified atom stereocenters. The predicted molar refractivity (Wildman–Crippen MR) is 121 cm³/mol. The molecule has 0 bridgehead atoms. The number of phenolic OH excluding ortho intramolecular Hbond substituents is 1. The number of phenols is 1. The van der Waals surface area contributed by atoms with Gasteiger partial charge in [0.05, 0.1) is 24.0 Å². The number of aryl methyl sites for hydroxylation is 2. The van der Waals surface area contributed by atoms with Gasteiger partial charge in [-0.2, -0.15) is 9.78 Å². The molecule has 9 heteroatoms. The minimum Gasteiger partial charge on any atom is -0.508 e. The normalized spacial score (nSPS) is 15.3. The first-order valence-electron chi connectivity index (χ1n) is 10.7. The van der Waals surface area contributed by atoms with Gasteiger partial charge in [0.2, 0.25) is 0 Å². The summed E-state index contributed by atoms with van der Waals surface area (Å²) in [4.78, 5) is 12.4. The maximum absolute atomic E-state index is 12.4. The summed E-state index contributed by atoms with van der Waals surface area (Å²) in [6.07, 6.45) is 5.30. The van der Waals surface area contributed by atoms with E-state index < -0.39 is 5.54 Å². The average molecular weight is 434 g/mol. The topological polar surface area (TPSA) is 117 Å². The number of tetrazole rings is 1. The summed E-state index contributed by atoms with van der Waals surface area (Å²) in [5, 5.41) is 29.4. The molecule has 3 N–H and O–H groups in total. The van der Waals surface area contributed by atoms with Gasteiger partial charge in [-0.05, 0) is 78.1 Å². The minimum absolute atomic E-state index is 0.0898. The average Bonchev–Trinajstić information content (AvgIpc) is 3.44. The van der Waals surface area contributed by atoms with E-state index in [9.17, 15) is 9.90 Å². The molecule has 0 atom stereocenters. The molecule has 0 saturated heterocycles. The summed E-state index contributed by atoms with van der Waals surface area (Å²) in [5.74, 6) is 0.658. The maximum atomic E-state index is 12.4. The first-order valence-corrected chi connectivity index (χ1v) is 10.7. The number of carbonyl (C=O) groups is 1. The molecule has 0 aliphatic heterocycles. The second-order valence-electron chi connectivity index (χ2n) is 8.18. The van der Waals surface area contributed by atoms with Crippen molar-refractivity contribution in [1.82, 2.24) is 30.9 Å². The Hall–Kier alpha value is -3.59. The van der Waals surface area contributed by atoms with Crippen LogP contribution in [0.5, 0.6) is 5.75 Å². The summed E-state index contributed by atoms with van der Waals surface area (Å²) in [6.45, 7) is 4.18. The van der Waals surface area contributed by atoms with Crippen molar-refractivity contribution < 1.29 is 9.90 Å². The fraction of sp³-hybridized carbons (Fsp3) is 0.348. The number of benzene rings is 2. The van der Waals surface area contributed by atoms with Gasteiger partial charge in [0.15, 0.2) is 5.82 Å². The molecule has 4 rings (SSSR count). The number of carbonyl (C=O) groups excluding carboxylic acids is 1. The highest BCUT2D eigenvalue weighted by molar-refractivity contribution is 5.83. The summed E-state index contributed by atoms with van der Waals surface area (Å²) >= 11 is 0. The number of amides is 1. The van der Waals surface area contributed by atoms with Crippen LogP contribution in [0, 0.1) is 13.8 Å². The molecule has 1 fully saturated rings. The molecule has 1 amide bonds. The standard InChI is InChI=1S/C23H27N7O2/c1-16-6-5-7-17(2)21(16)30-22(27-28-29-30)23(12-3-4-13-23)24-15-20(32)26-25-14-18-8-10-19(31)11-9-18/h5-11,14,24,31H,3-4,12-13,15H2,1-2H3,(H,26,32). The second-order valence-corrected chi connectivity index (χ2v) is 8.18. The van der Waals surface area contributed by atoms with Crippen molar-refractivity contribution in [2.75, 3.05) is 6.54 Å². The lowest BCUT2D eigenvalue weighted by molar-refractivity contribution is -0.120. The maximum Gasteiger partial charge on any atom is 0.254 e. The van der Waals surface area contributed by atoms with E-state index in [2.05, 4.69) is 31.4 Å². The lowest BCUT2D eigenvalue weighted by Crippen LogP contribution is -2.46. The third-order valence-corrected chi connectivity index (χ3v) is 5.89. The van der Waals surface area contributed by atoms with Gasteiger partial charge in [0.25, 0.3) is 5.91 Å². The highest BCUT2D eigenvalue weighted by atomic mass is 16.3. The van der Waals surface area contributed by atoms with Crippen LogP contribution in [-0.2, 0) is 10.3 Å². The summed E-state index contributed by atoms with van der Waals surface area (Å²) in [6, 6.07) is 12.7. The van der Waals surface area contributed by atoms with Gasteiger partial charge in [-0.3, -0.25) is 10.1 Å². The molecular formula is C23H27N7O2. The third kappa shape index (κ3) is 4.52. The Balaban J connectivity index is 1.48. The Morgan fingerprint density at radius 1 is 1.16 bits per heavy atom. The number of aromatic nitrogens is 4. The van der Waals surface area contributed by atoms with Crippen LogP contribution in [-0.4, -0.2) is 44.0 Å². The number of rotatable bonds is 7. The van der Waals surface area contributed by atoms with Crippen molar-refractivity contribution in [3.8, 4) is 11.4 Å². The molecule has 1 aliphatic rings. The van der Waals surface area contributed by atoms with Crippen molar-refractivity contribution in [3.63, 3.8) is 0 Å². The fourth-order valence-corrected chi connectivity index (χ4v) is 4.26. The van der Waals surface area contributed by atoms with Crippen LogP contribution in [0.4, 0.5) is 0 Å². The van der Waals surface area contributed by atoms with Gasteiger partial charge in [-0.15, -0.1) is 5.10 Å². The first kappa shape index (κ1) is 21.6. The van der Waals surface area contributed by atoms with E-state index in [4.69, 9.17) is 0 Å². The molecule has 2 aromatic carbocycles. The van der Waals surface area contributed by atoms with Crippen molar-refractivity contribution >= 4 is 12.1 Å². The minimum atomic E-state index is -0.476. The molecule has 0 spiro atoms. The predicted octanol–water partition coefficient (Wildman–Crippen LogP) is 2.49. The second kappa shape index (κ2) is 9.27. The van der Waals surface area contributed by atoms with Crippen LogP contribution >= 0.6 is 0 Å². The van der Waals surface area contributed by atoms with Crippen molar-refractivity contribution in [1.29, 1.82) is 0 Å². The van der Waals surface area contributed by atoms with Gasteiger partial charge in [0, 0.05) is 0 Å². The number of para-hydroxylation sites is 1. The Morgan fingerprint density at radius 2 is 1.84 bits per heavy atom. The molecule has 1 aliphatic carbocycles. The Labute approximate surface area is 186 Å². The molecular weight excluding hydrogens is 406 g/mol. The number of hydrogen-bond donors (Lipinski definition) is 3. The molecule has 0 radical (unpaired) electrons. The zero-order chi connectivity index (χ0) is 22.6. The number of hydrogen-bond acceptors (Lipinski definition) is 7. The molecule has 1 aromatic heterocycles. The van der Waals surface area contributed by atoms with Crippen LogP contribution in [0.15, 0.2) is 47.6 Å². The molecule has 32 heavy (non-hydrogen) atoms. The molecule has 1 heterocycles. The van der Waals surface area contributed by atoms with Crippen molar-refractivity contribution in [3.05, 3.63) is 65.0 Å². The highest BCUT2D eigenvalue weighted by Crippen LogP contribution is 2.38. The van der Waals surface area contributed by atoms with Crippen molar-refractivity contribution in [2.24, 2.45) is 5.10 Å². The van der Waals surface area contributed by atoms with E-state index >= 15 is 0 Å². The van der Waals surface area contributed by atoms with Crippen molar-refractivity contribution in [2.45, 2.75) is 45.1 Å². The van der Waals surface area contributed by atoms with E-state index in [0.29, 0.717) is 0 Å². The first-order chi connectivity index (χ1) is 15.5. The largest absolute Gasteiger partial charge is 0.508 e. The van der Waals surface area contributed by atoms with E-state index in [1.54, 1.807) is 24.3 Å². The Morgan fingerprint density at radius 3 is 2.53 bits per heavy atom. The van der Waals surface area contributed by atoms with Gasteiger partial charge in [-0.1, -0.05) is 31.0 Å². The van der Waals surface area contributed by atoms with Gasteiger partial charge in [0.1, 0.15) is 5.75 Å². The Kier molecular flexibility index (Phi) is 6.27. The molecule has 166 valence electrons. The molecule has 9 nitrogen and oxygen atoms in total. The number of nitrogens with one attached hydrogen (secondary N) is 2. The van der Waals surface area contributed by atoms with Gasteiger partial charge in [-0.25, -0.2) is 5.43 Å². The lowest BCUT2D eigenvalue weighted by atomic mass is 9.95. The zero-order valence-electron chi connectivity index (χ0n) is 18.2. The van der Waals surface area contributed by atoms with Gasteiger partial charge < -0.3 is 5.11 Å². The van der Waals surface area contributed by atoms with E-state index in [-0.39, 0.29) is 18.2 Å². The summed E-state index contributed by atoms with van der Waals surface area (Å²) in [7, 11) is 0. The molecule has 3 aromatic rings. The van der Waals surface area contributed by atoms with Crippen LogP contribution in [0.2, 0.25) is 0 Å². The summed E-state index contributed by atoms with van der Waals surface area (Å²) in [5.41, 5.74) is 6.00. The zero-order valence-corrected chi connectivity index (χ0v) is 18.2. The summed E-state index contributed by atoms with van der Waals surface area (Å²) < 4.78 is 1.81.